The second-order valence-electron chi connectivity index (χ2n) is 4.40. The van der Waals surface area contributed by atoms with Gasteiger partial charge in [0.15, 0.2) is 0 Å². The highest BCUT2D eigenvalue weighted by Crippen LogP contribution is 2.64. The van der Waals surface area contributed by atoms with Gasteiger partial charge in [-0.15, -0.1) is 0 Å². The van der Waals surface area contributed by atoms with Gasteiger partial charge < -0.3 is 13.8 Å². The van der Waals surface area contributed by atoms with Gasteiger partial charge in [0.1, 0.15) is 0 Å². The molecular formula is C12H21F2O4P. The summed E-state index contributed by atoms with van der Waals surface area (Å²) < 4.78 is 55.2. The third-order valence-electron chi connectivity index (χ3n) is 2.97. The molecule has 1 unspecified atom stereocenters. The van der Waals surface area contributed by atoms with Crippen molar-refractivity contribution in [2.45, 2.75) is 32.4 Å². The third kappa shape index (κ3) is 4.09. The van der Waals surface area contributed by atoms with E-state index in [1.165, 1.54) is 13.8 Å². The summed E-state index contributed by atoms with van der Waals surface area (Å²) in [6, 6.07) is 0. The molecule has 7 heteroatoms. The summed E-state index contributed by atoms with van der Waals surface area (Å²) in [6.07, 6.45) is -0.126. The van der Waals surface area contributed by atoms with Gasteiger partial charge in [-0.2, -0.15) is 8.78 Å². The molecule has 1 saturated heterocycles. The van der Waals surface area contributed by atoms with Crippen molar-refractivity contribution in [3.63, 3.8) is 0 Å². The van der Waals surface area contributed by atoms with Crippen molar-refractivity contribution in [3.8, 4) is 0 Å². The minimum absolute atomic E-state index is 0.0818. The average molecular weight is 298 g/mol. The summed E-state index contributed by atoms with van der Waals surface area (Å²) in [7, 11) is -4.43. The molecule has 0 bridgehead atoms. The van der Waals surface area contributed by atoms with Crippen molar-refractivity contribution in [1.29, 1.82) is 0 Å². The number of rotatable bonds is 7. The summed E-state index contributed by atoms with van der Waals surface area (Å²) in [5.41, 5.74) is -2.91. The maximum absolute atomic E-state index is 14.2. The highest BCUT2D eigenvalue weighted by Gasteiger charge is 2.54. The van der Waals surface area contributed by atoms with Crippen molar-refractivity contribution in [2.24, 2.45) is 5.92 Å². The van der Waals surface area contributed by atoms with Crippen LogP contribution in [0.25, 0.3) is 0 Å². The number of hydrogen-bond acceptors (Lipinski definition) is 4. The maximum Gasteiger partial charge on any atom is 0.399 e. The largest absolute Gasteiger partial charge is 0.399 e. The zero-order chi connectivity index (χ0) is 14.5. The van der Waals surface area contributed by atoms with Gasteiger partial charge >= 0.3 is 13.3 Å². The first-order valence-electron chi connectivity index (χ1n) is 6.38. The summed E-state index contributed by atoms with van der Waals surface area (Å²) in [5, 5.41) is 0. The van der Waals surface area contributed by atoms with Crippen LogP contribution in [0.1, 0.15) is 26.7 Å². The van der Waals surface area contributed by atoms with Crippen molar-refractivity contribution in [2.75, 3.05) is 26.4 Å². The standard InChI is InChI=1S/C12H21F2O4P/c1-4-17-19(15,18-5-2)12(13,14)8-11-6-7-16-9-10(11)3/h11H,3-9H2,1-2H3. The minimum Gasteiger partial charge on any atom is -0.377 e. The number of ether oxygens (including phenoxy) is 1. The molecule has 1 rings (SSSR count). The van der Waals surface area contributed by atoms with Crippen LogP contribution < -0.4 is 0 Å². The van der Waals surface area contributed by atoms with E-state index in [4.69, 9.17) is 13.8 Å². The Bertz CT molecular complexity index is 350. The monoisotopic (exact) mass is 298 g/mol. The maximum atomic E-state index is 14.2. The minimum atomic E-state index is -4.43. The molecule has 1 atom stereocenters. The zero-order valence-corrected chi connectivity index (χ0v) is 12.3. The van der Waals surface area contributed by atoms with E-state index in [0.29, 0.717) is 18.6 Å². The summed E-state index contributed by atoms with van der Waals surface area (Å²) >= 11 is 0. The van der Waals surface area contributed by atoms with Crippen LogP contribution in [0.3, 0.4) is 0 Å². The van der Waals surface area contributed by atoms with Crippen LogP contribution in [-0.2, 0) is 18.3 Å². The highest BCUT2D eigenvalue weighted by molar-refractivity contribution is 7.55. The van der Waals surface area contributed by atoms with Gasteiger partial charge in [-0.25, -0.2) is 0 Å². The van der Waals surface area contributed by atoms with E-state index in [1.54, 1.807) is 0 Å². The van der Waals surface area contributed by atoms with Gasteiger partial charge in [0.25, 0.3) is 0 Å². The van der Waals surface area contributed by atoms with Gasteiger partial charge in [-0.3, -0.25) is 4.57 Å². The molecule has 0 aromatic carbocycles. The quantitative estimate of drug-likeness (QED) is 0.529. The smallest absolute Gasteiger partial charge is 0.377 e. The van der Waals surface area contributed by atoms with E-state index in [0.717, 1.165) is 0 Å². The lowest BCUT2D eigenvalue weighted by Crippen LogP contribution is -2.28. The third-order valence-corrected chi connectivity index (χ3v) is 5.15. The van der Waals surface area contributed by atoms with E-state index in [-0.39, 0.29) is 19.8 Å². The molecule has 1 aliphatic rings. The summed E-state index contributed by atoms with van der Waals surface area (Å²) in [4.78, 5) is 0. The lowest BCUT2D eigenvalue weighted by molar-refractivity contribution is 0.00819. The first kappa shape index (κ1) is 16.8. The molecule has 4 nitrogen and oxygen atoms in total. The first-order chi connectivity index (χ1) is 8.86. The fourth-order valence-corrected chi connectivity index (χ4v) is 3.55. The Kier molecular flexibility index (Phi) is 6.12. The van der Waals surface area contributed by atoms with Crippen LogP contribution in [-0.4, -0.2) is 32.1 Å². The Balaban J connectivity index is 2.81. The van der Waals surface area contributed by atoms with Crippen molar-refractivity contribution in [1.82, 2.24) is 0 Å². The van der Waals surface area contributed by atoms with Crippen LogP contribution >= 0.6 is 7.60 Å². The molecule has 112 valence electrons. The number of hydrogen-bond donors (Lipinski definition) is 0. The molecule has 0 aromatic rings. The normalized spacial score (nSPS) is 21.7. The van der Waals surface area contributed by atoms with Crippen LogP contribution in [0.2, 0.25) is 0 Å². The summed E-state index contributed by atoms with van der Waals surface area (Å²) in [6.45, 7) is 7.26. The van der Waals surface area contributed by atoms with E-state index in [1.807, 2.05) is 0 Å². The molecule has 0 amide bonds. The Labute approximate surface area is 112 Å². The van der Waals surface area contributed by atoms with Gasteiger partial charge in [0.05, 0.1) is 19.8 Å². The second kappa shape index (κ2) is 6.93. The molecule has 19 heavy (non-hydrogen) atoms. The molecule has 0 spiro atoms. The molecule has 0 saturated carbocycles. The Hall–Kier alpha value is -0.290. The second-order valence-corrected chi connectivity index (χ2v) is 6.57. The molecule has 0 N–H and O–H groups in total. The van der Waals surface area contributed by atoms with Crippen LogP contribution in [0.5, 0.6) is 0 Å². The van der Waals surface area contributed by atoms with E-state index < -0.39 is 25.6 Å². The summed E-state index contributed by atoms with van der Waals surface area (Å²) in [5.74, 6) is -0.419. The van der Waals surface area contributed by atoms with E-state index in [9.17, 15) is 13.3 Å². The van der Waals surface area contributed by atoms with Crippen LogP contribution in [0, 0.1) is 5.92 Å². The van der Waals surface area contributed by atoms with Gasteiger partial charge in [0.2, 0.25) is 0 Å². The molecule has 0 aromatic heterocycles. The van der Waals surface area contributed by atoms with Gasteiger partial charge in [-0.1, -0.05) is 6.58 Å². The molecule has 0 radical (unpaired) electrons. The number of alkyl halides is 2. The Morgan fingerprint density at radius 2 is 2.00 bits per heavy atom. The first-order valence-corrected chi connectivity index (χ1v) is 7.93. The van der Waals surface area contributed by atoms with E-state index >= 15 is 0 Å². The zero-order valence-electron chi connectivity index (χ0n) is 11.4. The topological polar surface area (TPSA) is 44.8 Å². The van der Waals surface area contributed by atoms with Crippen molar-refractivity contribution >= 4 is 7.60 Å². The predicted octanol–water partition coefficient (Wildman–Crippen LogP) is 3.83. The molecule has 1 heterocycles. The Morgan fingerprint density at radius 3 is 2.47 bits per heavy atom. The molecule has 1 aliphatic heterocycles. The van der Waals surface area contributed by atoms with Crippen molar-refractivity contribution < 1.29 is 27.1 Å². The molecular weight excluding hydrogens is 277 g/mol. The van der Waals surface area contributed by atoms with Crippen LogP contribution in [0.4, 0.5) is 8.78 Å². The average Bonchev–Trinajstić information content (AvgIpc) is 2.32. The number of halogens is 2. The van der Waals surface area contributed by atoms with Crippen molar-refractivity contribution in [3.05, 3.63) is 12.2 Å². The fourth-order valence-electron chi connectivity index (χ4n) is 1.97. The lowest BCUT2D eigenvalue weighted by Gasteiger charge is -2.31. The highest BCUT2D eigenvalue weighted by atomic mass is 31.2. The Morgan fingerprint density at radius 1 is 1.42 bits per heavy atom. The van der Waals surface area contributed by atoms with Crippen LogP contribution in [0.15, 0.2) is 12.2 Å². The molecule has 0 aliphatic carbocycles. The van der Waals surface area contributed by atoms with Gasteiger partial charge in [-0.05, 0) is 31.8 Å². The van der Waals surface area contributed by atoms with E-state index in [2.05, 4.69) is 6.58 Å². The predicted molar refractivity (Wildman–Crippen MR) is 68.5 cm³/mol. The lowest BCUT2D eigenvalue weighted by atomic mass is 9.92. The SMILES string of the molecule is C=C1COCCC1CC(F)(F)P(=O)(OCC)OCC. The fraction of sp³-hybridized carbons (Fsp3) is 0.833. The van der Waals surface area contributed by atoms with Gasteiger partial charge in [0, 0.05) is 13.0 Å². The molecule has 1 fully saturated rings.